The predicted octanol–water partition coefficient (Wildman–Crippen LogP) is 4.31. The smallest absolute Gasteiger partial charge is 0.407 e. The van der Waals surface area contributed by atoms with Gasteiger partial charge in [-0.2, -0.15) is 0 Å². The van der Waals surface area contributed by atoms with E-state index in [0.29, 0.717) is 12.5 Å². The zero-order chi connectivity index (χ0) is 24.3. The Morgan fingerprint density at radius 3 is 2.15 bits per heavy atom. The van der Waals surface area contributed by atoms with Crippen LogP contribution in [0.4, 0.5) is 4.79 Å². The molecular weight excluding hydrogens is 432 g/mol. The summed E-state index contributed by atoms with van der Waals surface area (Å²) in [6.45, 7) is 4.35. The van der Waals surface area contributed by atoms with Gasteiger partial charge < -0.3 is 20.5 Å². The Balaban J connectivity index is 1.23. The lowest BCUT2D eigenvalue weighted by Gasteiger charge is -2.34. The van der Waals surface area contributed by atoms with Crippen LogP contribution < -0.4 is 10.6 Å². The third-order valence-corrected chi connectivity index (χ3v) is 6.77. The van der Waals surface area contributed by atoms with Crippen molar-refractivity contribution >= 4 is 18.0 Å². The minimum Gasteiger partial charge on any atom is -0.481 e. The molecular formula is C27H32N2O5. The summed E-state index contributed by atoms with van der Waals surface area (Å²) in [6.07, 6.45) is 1.43. The van der Waals surface area contributed by atoms with Crippen molar-refractivity contribution in [3.63, 3.8) is 0 Å². The molecule has 3 N–H and O–H groups in total. The summed E-state index contributed by atoms with van der Waals surface area (Å²) in [5.74, 6) is -0.395. The van der Waals surface area contributed by atoms with Crippen molar-refractivity contribution in [1.29, 1.82) is 0 Å². The van der Waals surface area contributed by atoms with Gasteiger partial charge >= 0.3 is 12.1 Å². The van der Waals surface area contributed by atoms with Crippen molar-refractivity contribution in [2.75, 3.05) is 13.2 Å². The number of rotatable bonds is 9. The van der Waals surface area contributed by atoms with Crippen molar-refractivity contribution in [3.05, 3.63) is 59.7 Å². The standard InChI is InChI=1S/C27H32N2O5/c1-27(2,14-24(30)28-15-18-11-17(12-18)13-25(31)32)29-26(33)34-16-23-21-9-5-3-7-19(21)20-8-4-6-10-22(20)23/h3-10,17-18,23H,11-16H2,1-2H3,(H,28,30)(H,29,33)(H,31,32). The zero-order valence-electron chi connectivity index (χ0n) is 19.7. The van der Waals surface area contributed by atoms with E-state index < -0.39 is 17.6 Å². The Kier molecular flexibility index (Phi) is 6.91. The lowest BCUT2D eigenvalue weighted by molar-refractivity contribution is -0.139. The number of benzene rings is 2. The van der Waals surface area contributed by atoms with E-state index in [1.54, 1.807) is 13.8 Å². The van der Waals surface area contributed by atoms with E-state index in [9.17, 15) is 14.4 Å². The van der Waals surface area contributed by atoms with Crippen molar-refractivity contribution in [3.8, 4) is 11.1 Å². The first kappa shape index (κ1) is 23.8. The van der Waals surface area contributed by atoms with Crippen LogP contribution in [-0.4, -0.2) is 41.8 Å². The first-order chi connectivity index (χ1) is 16.2. The number of fused-ring (bicyclic) bond motifs is 3. The van der Waals surface area contributed by atoms with E-state index in [1.165, 1.54) is 11.1 Å². The van der Waals surface area contributed by atoms with Gasteiger partial charge in [0.05, 0.1) is 0 Å². The molecule has 2 aliphatic rings. The fourth-order valence-corrected chi connectivity index (χ4v) is 5.13. The minimum atomic E-state index is -0.770. The fourth-order valence-electron chi connectivity index (χ4n) is 5.13. The topological polar surface area (TPSA) is 105 Å². The highest BCUT2D eigenvalue weighted by molar-refractivity contribution is 5.80. The number of carbonyl (C=O) groups is 3. The number of aliphatic carboxylic acids is 1. The van der Waals surface area contributed by atoms with Crippen molar-refractivity contribution in [2.24, 2.45) is 11.8 Å². The normalized spacial score (nSPS) is 18.9. The van der Waals surface area contributed by atoms with Crippen LogP contribution in [0.1, 0.15) is 56.6 Å². The summed E-state index contributed by atoms with van der Waals surface area (Å²) < 4.78 is 5.60. The first-order valence-electron chi connectivity index (χ1n) is 11.8. The number of nitrogens with one attached hydrogen (secondary N) is 2. The first-order valence-corrected chi connectivity index (χ1v) is 11.8. The molecule has 0 radical (unpaired) electrons. The highest BCUT2D eigenvalue weighted by Crippen LogP contribution is 2.44. The fraction of sp³-hybridized carbons (Fsp3) is 0.444. The molecule has 0 bridgehead atoms. The van der Waals surface area contributed by atoms with Crippen LogP contribution in [0, 0.1) is 11.8 Å². The number of carboxylic acids is 1. The molecule has 7 nitrogen and oxygen atoms in total. The third-order valence-electron chi connectivity index (χ3n) is 6.77. The molecule has 0 heterocycles. The predicted molar refractivity (Wildman–Crippen MR) is 128 cm³/mol. The summed E-state index contributed by atoms with van der Waals surface area (Å²) in [5, 5.41) is 14.5. The van der Waals surface area contributed by atoms with Gasteiger partial charge in [0.1, 0.15) is 6.61 Å². The van der Waals surface area contributed by atoms with Gasteiger partial charge in [-0.1, -0.05) is 48.5 Å². The molecule has 2 aromatic carbocycles. The van der Waals surface area contributed by atoms with Crippen LogP contribution in [0.5, 0.6) is 0 Å². The summed E-state index contributed by atoms with van der Waals surface area (Å²) in [6, 6.07) is 16.3. The van der Waals surface area contributed by atoms with E-state index in [1.807, 2.05) is 24.3 Å². The molecule has 1 fully saturated rings. The van der Waals surface area contributed by atoms with E-state index >= 15 is 0 Å². The Hall–Kier alpha value is -3.35. The molecule has 4 rings (SSSR count). The average molecular weight is 465 g/mol. The summed E-state index contributed by atoms with van der Waals surface area (Å²) >= 11 is 0. The Labute approximate surface area is 199 Å². The van der Waals surface area contributed by atoms with Gasteiger partial charge in [-0.3, -0.25) is 9.59 Å². The average Bonchev–Trinajstić information content (AvgIpc) is 3.06. The quantitative estimate of drug-likeness (QED) is 0.513. The Bertz CT molecular complexity index is 1030. The summed E-state index contributed by atoms with van der Waals surface area (Å²) in [4.78, 5) is 35.7. The van der Waals surface area contributed by atoms with Crippen molar-refractivity contribution in [2.45, 2.75) is 51.0 Å². The number of carboxylic acid groups (broad SMARTS) is 1. The molecule has 34 heavy (non-hydrogen) atoms. The minimum absolute atomic E-state index is 0.0167. The van der Waals surface area contributed by atoms with Crippen molar-refractivity contribution in [1.82, 2.24) is 10.6 Å². The highest BCUT2D eigenvalue weighted by atomic mass is 16.5. The van der Waals surface area contributed by atoms with E-state index in [4.69, 9.17) is 9.84 Å². The van der Waals surface area contributed by atoms with Gasteiger partial charge in [0.25, 0.3) is 0 Å². The van der Waals surface area contributed by atoms with E-state index in [0.717, 1.165) is 24.0 Å². The van der Waals surface area contributed by atoms with Crippen LogP contribution >= 0.6 is 0 Å². The van der Waals surface area contributed by atoms with E-state index in [-0.39, 0.29) is 37.2 Å². The van der Waals surface area contributed by atoms with Crippen LogP contribution in [0.25, 0.3) is 11.1 Å². The highest BCUT2D eigenvalue weighted by Gasteiger charge is 2.32. The van der Waals surface area contributed by atoms with Crippen LogP contribution in [0.15, 0.2) is 48.5 Å². The molecule has 0 aromatic heterocycles. The number of amides is 2. The SMILES string of the molecule is CC(C)(CC(=O)NCC1CC(CC(=O)O)C1)NC(=O)OCC1c2ccccc2-c2ccccc21. The van der Waals surface area contributed by atoms with Gasteiger partial charge in [0, 0.05) is 30.8 Å². The van der Waals surface area contributed by atoms with Crippen molar-refractivity contribution < 1.29 is 24.2 Å². The van der Waals surface area contributed by atoms with Crippen LogP contribution in [-0.2, 0) is 14.3 Å². The van der Waals surface area contributed by atoms with Gasteiger partial charge in [-0.05, 0) is 60.8 Å². The number of hydrogen-bond acceptors (Lipinski definition) is 4. The lowest BCUT2D eigenvalue weighted by atomic mass is 9.73. The molecule has 2 aromatic rings. The zero-order valence-corrected chi connectivity index (χ0v) is 19.7. The largest absolute Gasteiger partial charge is 0.481 e. The van der Waals surface area contributed by atoms with Crippen LogP contribution in [0.3, 0.4) is 0 Å². The summed E-state index contributed by atoms with van der Waals surface area (Å²) in [7, 11) is 0. The third kappa shape index (κ3) is 5.58. The second-order valence-electron chi connectivity index (χ2n) is 10.1. The monoisotopic (exact) mass is 464 g/mol. The molecule has 0 spiro atoms. The molecule has 0 aliphatic heterocycles. The molecule has 1 saturated carbocycles. The molecule has 0 saturated heterocycles. The number of alkyl carbamates (subject to hydrolysis) is 1. The molecule has 0 atom stereocenters. The number of carbonyl (C=O) groups excluding carboxylic acids is 2. The lowest BCUT2D eigenvalue weighted by Crippen LogP contribution is -2.48. The second kappa shape index (κ2) is 9.87. The molecule has 180 valence electrons. The molecule has 0 unspecified atom stereocenters. The molecule has 7 heteroatoms. The molecule has 2 aliphatic carbocycles. The number of ether oxygens (including phenoxy) is 1. The maximum absolute atomic E-state index is 12.6. The van der Waals surface area contributed by atoms with Crippen LogP contribution in [0.2, 0.25) is 0 Å². The van der Waals surface area contributed by atoms with E-state index in [2.05, 4.69) is 34.9 Å². The molecule has 2 amide bonds. The summed E-state index contributed by atoms with van der Waals surface area (Å²) in [5.41, 5.74) is 3.88. The van der Waals surface area contributed by atoms with Gasteiger partial charge in [0.2, 0.25) is 5.91 Å². The Morgan fingerprint density at radius 2 is 1.56 bits per heavy atom. The Morgan fingerprint density at radius 1 is 0.971 bits per heavy atom. The number of hydrogen-bond donors (Lipinski definition) is 3. The van der Waals surface area contributed by atoms with Gasteiger partial charge in [0.15, 0.2) is 0 Å². The maximum Gasteiger partial charge on any atom is 0.407 e. The second-order valence-corrected chi connectivity index (χ2v) is 10.1. The van der Waals surface area contributed by atoms with Gasteiger partial charge in [-0.25, -0.2) is 4.79 Å². The van der Waals surface area contributed by atoms with Gasteiger partial charge in [-0.15, -0.1) is 0 Å². The maximum atomic E-state index is 12.6.